The zero-order valence-corrected chi connectivity index (χ0v) is 20.3. The number of hydrogen-bond donors (Lipinski definition) is 2. The summed E-state index contributed by atoms with van der Waals surface area (Å²) in [5, 5.41) is 17.7. The van der Waals surface area contributed by atoms with Crippen LogP contribution < -0.4 is 29.6 Å². The van der Waals surface area contributed by atoms with Gasteiger partial charge in [0.1, 0.15) is 23.3 Å². The molecule has 0 aliphatic heterocycles. The quantitative estimate of drug-likeness (QED) is 0.207. The van der Waals surface area contributed by atoms with Crippen LogP contribution in [0.4, 0.5) is 0 Å². The Kier molecular flexibility index (Phi) is 13.0. The fourth-order valence-corrected chi connectivity index (χ4v) is 3.49. The van der Waals surface area contributed by atoms with Crippen LogP contribution in [-0.2, 0) is 29.2 Å². The molecule has 0 amide bonds. The van der Waals surface area contributed by atoms with Crippen molar-refractivity contribution in [1.29, 1.82) is 0 Å². The number of aliphatic hydroxyl groups is 2. The van der Waals surface area contributed by atoms with Crippen molar-refractivity contribution in [2.24, 2.45) is 5.41 Å². The zero-order valence-electron chi connectivity index (χ0n) is 17.5. The number of benzene rings is 1. The van der Waals surface area contributed by atoms with Gasteiger partial charge in [0.25, 0.3) is 0 Å². The summed E-state index contributed by atoms with van der Waals surface area (Å²) in [5.41, 5.74) is -0.573. The number of hydrogen-bond acceptors (Lipinski definition) is 9. The molecule has 0 saturated carbocycles. The van der Waals surface area contributed by atoms with Gasteiger partial charge in [-0.05, 0) is 43.4 Å². The fourth-order valence-electron chi connectivity index (χ4n) is 3.02. The summed E-state index contributed by atoms with van der Waals surface area (Å²) in [6.07, 6.45) is 0.463. The van der Waals surface area contributed by atoms with Crippen molar-refractivity contribution >= 4 is 22.1 Å². The molecule has 2 N–H and O–H groups in total. The van der Waals surface area contributed by atoms with E-state index >= 15 is 0 Å². The van der Waals surface area contributed by atoms with Crippen LogP contribution in [0.1, 0.15) is 44.6 Å². The van der Waals surface area contributed by atoms with E-state index in [0.717, 1.165) is 0 Å². The standard InChI is InChI=1S/C19H28O9S.Na/c1-3-14(15-4-6-16(7-5-15)29(24,25)26)12-19(2,18(23)28-11-9-21)13-17(22)27-10-8-20;/h4-7,14,20-21H,3,8-13H2,1-2H3,(H,24,25,26);/q;+1/p-1. The minimum Gasteiger partial charge on any atom is -0.744 e. The van der Waals surface area contributed by atoms with Crippen molar-refractivity contribution in [3.8, 4) is 0 Å². The monoisotopic (exact) mass is 454 g/mol. The molecule has 9 nitrogen and oxygen atoms in total. The van der Waals surface area contributed by atoms with E-state index in [1.165, 1.54) is 24.3 Å². The van der Waals surface area contributed by atoms with Crippen LogP contribution >= 0.6 is 0 Å². The third-order valence-electron chi connectivity index (χ3n) is 4.54. The molecule has 164 valence electrons. The van der Waals surface area contributed by atoms with Crippen molar-refractivity contribution in [1.82, 2.24) is 0 Å². The molecule has 0 radical (unpaired) electrons. The second-order valence-electron chi connectivity index (χ2n) is 6.87. The fraction of sp³-hybridized carbons (Fsp3) is 0.579. The molecule has 0 aliphatic carbocycles. The van der Waals surface area contributed by atoms with E-state index in [9.17, 15) is 22.6 Å². The summed E-state index contributed by atoms with van der Waals surface area (Å²) in [6.45, 7) is 2.30. The Morgan fingerprint density at radius 3 is 2.10 bits per heavy atom. The van der Waals surface area contributed by atoms with Gasteiger partial charge in [-0.25, -0.2) is 8.42 Å². The summed E-state index contributed by atoms with van der Waals surface area (Å²) in [4.78, 5) is 24.3. The number of carbonyl (C=O) groups is 2. The van der Waals surface area contributed by atoms with Gasteiger partial charge in [0.2, 0.25) is 0 Å². The molecule has 1 aromatic rings. The Morgan fingerprint density at radius 2 is 1.63 bits per heavy atom. The zero-order chi connectivity index (χ0) is 22.1. The number of esters is 2. The molecule has 0 spiro atoms. The molecule has 0 aliphatic rings. The summed E-state index contributed by atoms with van der Waals surface area (Å²) in [6, 6.07) is 5.42. The van der Waals surface area contributed by atoms with Gasteiger partial charge < -0.3 is 24.2 Å². The van der Waals surface area contributed by atoms with Crippen LogP contribution in [0.25, 0.3) is 0 Å². The molecule has 0 fully saturated rings. The van der Waals surface area contributed by atoms with Crippen LogP contribution in [0.15, 0.2) is 29.2 Å². The predicted octanol–water partition coefficient (Wildman–Crippen LogP) is -2.05. The van der Waals surface area contributed by atoms with Crippen LogP contribution in [0.5, 0.6) is 0 Å². The van der Waals surface area contributed by atoms with Gasteiger partial charge in [0.05, 0.1) is 29.9 Å². The van der Waals surface area contributed by atoms with Gasteiger partial charge in [0, 0.05) is 0 Å². The molecule has 0 saturated heterocycles. The van der Waals surface area contributed by atoms with Gasteiger partial charge in [-0.3, -0.25) is 9.59 Å². The smallest absolute Gasteiger partial charge is 0.744 e. The summed E-state index contributed by atoms with van der Waals surface area (Å²) < 4.78 is 43.2. The van der Waals surface area contributed by atoms with Gasteiger partial charge in [-0.1, -0.05) is 19.1 Å². The maximum atomic E-state index is 12.6. The average Bonchev–Trinajstić information content (AvgIpc) is 2.68. The Bertz CT molecular complexity index is 780. The molecule has 1 aromatic carbocycles. The van der Waals surface area contributed by atoms with E-state index in [-0.39, 0.29) is 79.6 Å². The molecule has 0 aromatic heterocycles. The number of carbonyl (C=O) groups excluding carboxylic acids is 2. The van der Waals surface area contributed by atoms with E-state index in [1.54, 1.807) is 6.92 Å². The molecule has 0 bridgehead atoms. The topological polar surface area (TPSA) is 150 Å². The van der Waals surface area contributed by atoms with Gasteiger partial charge in [-0.15, -0.1) is 0 Å². The molecule has 1 rings (SSSR count). The Labute approximate surface area is 198 Å². The minimum atomic E-state index is -4.57. The largest absolute Gasteiger partial charge is 1.00 e. The van der Waals surface area contributed by atoms with Gasteiger partial charge in [-0.2, -0.15) is 0 Å². The molecule has 2 atom stereocenters. The first-order chi connectivity index (χ1) is 13.6. The molecular formula is C19H27NaO9S. The summed E-state index contributed by atoms with van der Waals surface area (Å²) >= 11 is 0. The second-order valence-corrected chi connectivity index (χ2v) is 8.25. The number of rotatable bonds is 12. The van der Waals surface area contributed by atoms with Crippen LogP contribution in [0.2, 0.25) is 0 Å². The molecular weight excluding hydrogens is 427 g/mol. The van der Waals surface area contributed by atoms with Crippen LogP contribution in [-0.4, -0.2) is 61.5 Å². The van der Waals surface area contributed by atoms with E-state index in [4.69, 9.17) is 19.7 Å². The maximum Gasteiger partial charge on any atom is 1.00 e. The van der Waals surface area contributed by atoms with E-state index in [0.29, 0.717) is 12.0 Å². The first-order valence-corrected chi connectivity index (χ1v) is 10.6. The van der Waals surface area contributed by atoms with Crippen molar-refractivity contribution < 1.29 is 71.8 Å². The molecule has 30 heavy (non-hydrogen) atoms. The third kappa shape index (κ3) is 9.01. The molecule has 11 heteroatoms. The Balaban J connectivity index is 0.00000841. The van der Waals surface area contributed by atoms with E-state index < -0.39 is 27.5 Å². The first kappa shape index (κ1) is 29.0. The van der Waals surface area contributed by atoms with Gasteiger partial charge >= 0.3 is 41.5 Å². The maximum absolute atomic E-state index is 12.6. The van der Waals surface area contributed by atoms with Crippen LogP contribution in [0, 0.1) is 5.41 Å². The van der Waals surface area contributed by atoms with Crippen molar-refractivity contribution in [2.75, 3.05) is 26.4 Å². The minimum absolute atomic E-state index is 0. The third-order valence-corrected chi connectivity index (χ3v) is 5.39. The molecule has 2 unspecified atom stereocenters. The van der Waals surface area contributed by atoms with Crippen LogP contribution in [0.3, 0.4) is 0 Å². The number of aliphatic hydroxyl groups excluding tert-OH is 2. The first-order valence-electron chi connectivity index (χ1n) is 9.17. The van der Waals surface area contributed by atoms with E-state index in [2.05, 4.69) is 0 Å². The average molecular weight is 454 g/mol. The normalized spacial score (nSPS) is 14.2. The predicted molar refractivity (Wildman–Crippen MR) is 101 cm³/mol. The Hall–Kier alpha value is -1.01. The van der Waals surface area contributed by atoms with Crippen molar-refractivity contribution in [3.05, 3.63) is 29.8 Å². The molecule has 0 heterocycles. The second kappa shape index (κ2) is 13.4. The van der Waals surface area contributed by atoms with Gasteiger partial charge in [0.15, 0.2) is 0 Å². The van der Waals surface area contributed by atoms with Crippen molar-refractivity contribution in [3.63, 3.8) is 0 Å². The summed E-state index contributed by atoms with van der Waals surface area (Å²) in [7, 11) is -4.57. The summed E-state index contributed by atoms with van der Waals surface area (Å²) in [5.74, 6) is -1.59. The van der Waals surface area contributed by atoms with Crippen molar-refractivity contribution in [2.45, 2.75) is 43.9 Å². The van der Waals surface area contributed by atoms with E-state index in [1.807, 2.05) is 6.92 Å². The SMILES string of the molecule is CCC(CC(C)(CC(=O)OCCO)C(=O)OCCO)c1ccc(S(=O)(=O)[O-])cc1.[Na+]. The Morgan fingerprint density at radius 1 is 1.10 bits per heavy atom. The number of ether oxygens (including phenoxy) is 2.